The van der Waals surface area contributed by atoms with Gasteiger partial charge in [-0.3, -0.25) is 4.90 Å². The van der Waals surface area contributed by atoms with Crippen LogP contribution in [-0.2, 0) is 0 Å². The fourth-order valence-electron chi connectivity index (χ4n) is 3.60. The molecule has 1 aliphatic heterocycles. The third-order valence-electron chi connectivity index (χ3n) is 4.93. The van der Waals surface area contributed by atoms with Gasteiger partial charge in [-0.25, -0.2) is 0 Å². The van der Waals surface area contributed by atoms with Crippen LogP contribution in [0.15, 0.2) is 0 Å². The minimum atomic E-state index is 0.662. The zero-order valence-corrected chi connectivity index (χ0v) is 14.5. The molecule has 1 heterocycles. The number of likely N-dealkylation sites (tertiary alicyclic amines) is 1. The number of rotatable bonds is 9. The quantitative estimate of drug-likeness (QED) is 0.702. The first kappa shape index (κ1) is 17.9. The Morgan fingerprint density at radius 3 is 2.30 bits per heavy atom. The van der Waals surface area contributed by atoms with E-state index in [1.807, 2.05) is 0 Å². The molecule has 0 aromatic heterocycles. The van der Waals surface area contributed by atoms with E-state index in [4.69, 9.17) is 0 Å². The molecule has 0 amide bonds. The standard InChI is InChI=1S/C17H37N3/c1-6-9-16(18-12-7-2)17(8-3)20(5)15-10-13-19(4)14-11-15/h15-18H,6-14H2,1-5H3. The van der Waals surface area contributed by atoms with Crippen molar-refractivity contribution in [3.05, 3.63) is 0 Å². The van der Waals surface area contributed by atoms with Gasteiger partial charge in [-0.2, -0.15) is 0 Å². The zero-order chi connectivity index (χ0) is 15.0. The largest absolute Gasteiger partial charge is 0.312 e. The highest BCUT2D eigenvalue weighted by Gasteiger charge is 2.29. The highest BCUT2D eigenvalue weighted by Crippen LogP contribution is 2.21. The monoisotopic (exact) mass is 283 g/mol. The van der Waals surface area contributed by atoms with E-state index in [1.54, 1.807) is 0 Å². The summed E-state index contributed by atoms with van der Waals surface area (Å²) in [5.41, 5.74) is 0. The second kappa shape index (κ2) is 9.75. The van der Waals surface area contributed by atoms with E-state index in [0.29, 0.717) is 12.1 Å². The van der Waals surface area contributed by atoms with E-state index in [1.165, 1.54) is 51.6 Å². The molecule has 2 atom stereocenters. The Kier molecular flexibility index (Phi) is 8.74. The smallest absolute Gasteiger partial charge is 0.0246 e. The van der Waals surface area contributed by atoms with Crippen LogP contribution in [0.3, 0.4) is 0 Å². The highest BCUT2D eigenvalue weighted by molar-refractivity contribution is 4.87. The number of nitrogens with one attached hydrogen (secondary N) is 1. The van der Waals surface area contributed by atoms with Crippen molar-refractivity contribution in [2.75, 3.05) is 33.7 Å². The number of nitrogens with zero attached hydrogens (tertiary/aromatic N) is 2. The van der Waals surface area contributed by atoms with Crippen molar-refractivity contribution in [2.45, 2.75) is 77.4 Å². The number of piperidine rings is 1. The van der Waals surface area contributed by atoms with Crippen LogP contribution in [0.2, 0.25) is 0 Å². The molecular weight excluding hydrogens is 246 g/mol. The maximum atomic E-state index is 3.80. The molecule has 2 unspecified atom stereocenters. The van der Waals surface area contributed by atoms with Gasteiger partial charge in [0.05, 0.1) is 0 Å². The minimum absolute atomic E-state index is 0.662. The molecule has 0 aromatic carbocycles. The first-order valence-corrected chi connectivity index (χ1v) is 8.77. The molecule has 3 nitrogen and oxygen atoms in total. The Morgan fingerprint density at radius 1 is 1.15 bits per heavy atom. The molecule has 1 saturated heterocycles. The Hall–Kier alpha value is -0.120. The van der Waals surface area contributed by atoms with Crippen LogP contribution in [0.1, 0.15) is 59.3 Å². The molecular formula is C17H37N3. The Bertz CT molecular complexity index is 236. The molecule has 3 heteroatoms. The predicted molar refractivity (Wildman–Crippen MR) is 89.4 cm³/mol. The predicted octanol–water partition coefficient (Wildman–Crippen LogP) is 2.96. The lowest BCUT2D eigenvalue weighted by Gasteiger charge is -2.42. The normalized spacial score (nSPS) is 21.3. The fraction of sp³-hybridized carbons (Fsp3) is 1.00. The number of hydrogen-bond acceptors (Lipinski definition) is 3. The van der Waals surface area contributed by atoms with Crippen LogP contribution < -0.4 is 5.32 Å². The molecule has 0 aromatic rings. The van der Waals surface area contributed by atoms with Crippen LogP contribution >= 0.6 is 0 Å². The average molecular weight is 284 g/mol. The number of hydrogen-bond donors (Lipinski definition) is 1. The summed E-state index contributed by atoms with van der Waals surface area (Å²) in [7, 11) is 4.61. The van der Waals surface area contributed by atoms with Crippen molar-refractivity contribution in [1.82, 2.24) is 15.1 Å². The number of likely N-dealkylation sites (N-methyl/N-ethyl adjacent to an activating group) is 1. The van der Waals surface area contributed by atoms with Crippen molar-refractivity contribution in [1.29, 1.82) is 0 Å². The highest BCUT2D eigenvalue weighted by atomic mass is 15.2. The van der Waals surface area contributed by atoms with E-state index >= 15 is 0 Å². The maximum Gasteiger partial charge on any atom is 0.0246 e. The van der Waals surface area contributed by atoms with Crippen molar-refractivity contribution in [3.63, 3.8) is 0 Å². The van der Waals surface area contributed by atoms with Gasteiger partial charge in [0.15, 0.2) is 0 Å². The van der Waals surface area contributed by atoms with E-state index in [0.717, 1.165) is 12.6 Å². The molecule has 0 saturated carbocycles. The summed E-state index contributed by atoms with van der Waals surface area (Å²) in [4.78, 5) is 5.15. The molecule has 20 heavy (non-hydrogen) atoms. The Balaban J connectivity index is 2.60. The van der Waals surface area contributed by atoms with Gasteiger partial charge < -0.3 is 10.2 Å². The van der Waals surface area contributed by atoms with Crippen LogP contribution in [0, 0.1) is 0 Å². The molecule has 0 spiro atoms. The summed E-state index contributed by atoms with van der Waals surface area (Å²) in [6.45, 7) is 10.6. The second-order valence-electron chi connectivity index (χ2n) is 6.52. The molecule has 1 rings (SSSR count). The van der Waals surface area contributed by atoms with E-state index in [9.17, 15) is 0 Å². The van der Waals surface area contributed by atoms with Crippen LogP contribution in [-0.4, -0.2) is 61.7 Å². The maximum absolute atomic E-state index is 3.80. The van der Waals surface area contributed by atoms with Gasteiger partial charge in [-0.05, 0) is 65.8 Å². The van der Waals surface area contributed by atoms with Crippen molar-refractivity contribution in [2.24, 2.45) is 0 Å². The fourth-order valence-corrected chi connectivity index (χ4v) is 3.60. The molecule has 1 N–H and O–H groups in total. The second-order valence-corrected chi connectivity index (χ2v) is 6.52. The molecule has 120 valence electrons. The summed E-state index contributed by atoms with van der Waals surface area (Å²) in [5, 5.41) is 3.80. The summed E-state index contributed by atoms with van der Waals surface area (Å²) in [6, 6.07) is 2.13. The summed E-state index contributed by atoms with van der Waals surface area (Å²) >= 11 is 0. The average Bonchev–Trinajstić information content (AvgIpc) is 2.46. The van der Waals surface area contributed by atoms with Crippen molar-refractivity contribution < 1.29 is 0 Å². The van der Waals surface area contributed by atoms with Crippen LogP contribution in [0.5, 0.6) is 0 Å². The SMILES string of the molecule is CCCNC(CCC)C(CC)N(C)C1CCN(C)CC1. The lowest BCUT2D eigenvalue weighted by molar-refractivity contribution is 0.0830. The topological polar surface area (TPSA) is 18.5 Å². The molecule has 1 fully saturated rings. The molecule has 1 aliphatic rings. The van der Waals surface area contributed by atoms with Gasteiger partial charge in [-0.1, -0.05) is 27.2 Å². The van der Waals surface area contributed by atoms with E-state index in [2.05, 4.69) is 50.0 Å². The first-order chi connectivity index (χ1) is 9.63. The first-order valence-electron chi connectivity index (χ1n) is 8.77. The molecule has 0 aliphatic carbocycles. The minimum Gasteiger partial charge on any atom is -0.312 e. The van der Waals surface area contributed by atoms with Gasteiger partial charge in [0.1, 0.15) is 0 Å². The van der Waals surface area contributed by atoms with Crippen molar-refractivity contribution in [3.8, 4) is 0 Å². The summed E-state index contributed by atoms with van der Waals surface area (Å²) in [6.07, 6.45) is 7.72. The van der Waals surface area contributed by atoms with Crippen LogP contribution in [0.25, 0.3) is 0 Å². The van der Waals surface area contributed by atoms with Gasteiger partial charge >= 0.3 is 0 Å². The van der Waals surface area contributed by atoms with Gasteiger partial charge in [-0.15, -0.1) is 0 Å². The third kappa shape index (κ3) is 5.34. The molecule has 0 bridgehead atoms. The lowest BCUT2D eigenvalue weighted by atomic mass is 9.95. The van der Waals surface area contributed by atoms with E-state index in [-0.39, 0.29) is 0 Å². The van der Waals surface area contributed by atoms with Gasteiger partial charge in [0.25, 0.3) is 0 Å². The third-order valence-corrected chi connectivity index (χ3v) is 4.93. The van der Waals surface area contributed by atoms with E-state index < -0.39 is 0 Å². The van der Waals surface area contributed by atoms with Crippen LogP contribution in [0.4, 0.5) is 0 Å². The Labute approximate surface area is 127 Å². The Morgan fingerprint density at radius 2 is 1.80 bits per heavy atom. The van der Waals surface area contributed by atoms with Gasteiger partial charge in [0, 0.05) is 18.1 Å². The zero-order valence-electron chi connectivity index (χ0n) is 14.5. The summed E-state index contributed by atoms with van der Waals surface area (Å²) in [5.74, 6) is 0. The van der Waals surface area contributed by atoms with Gasteiger partial charge in [0.2, 0.25) is 0 Å². The lowest BCUT2D eigenvalue weighted by Crippen LogP contribution is -2.54. The van der Waals surface area contributed by atoms with Crippen molar-refractivity contribution >= 4 is 0 Å². The molecule has 0 radical (unpaired) electrons. The summed E-state index contributed by atoms with van der Waals surface area (Å²) < 4.78 is 0.